The maximum Gasteiger partial charge on any atom is 0.136 e. The summed E-state index contributed by atoms with van der Waals surface area (Å²) in [5.41, 5.74) is 1.66. The van der Waals surface area contributed by atoms with Gasteiger partial charge in [0.15, 0.2) is 0 Å². The molecule has 1 heterocycles. The minimum absolute atomic E-state index is 0.562. The molecule has 0 aliphatic rings. The van der Waals surface area contributed by atoms with Crippen molar-refractivity contribution in [2.75, 3.05) is 7.11 Å². The van der Waals surface area contributed by atoms with Crippen LogP contribution >= 0.6 is 27.3 Å². The quantitative estimate of drug-likeness (QED) is 0.905. The van der Waals surface area contributed by atoms with Crippen molar-refractivity contribution in [3.8, 4) is 11.8 Å². The minimum atomic E-state index is 0.562. The van der Waals surface area contributed by atoms with Crippen LogP contribution in [0.3, 0.4) is 0 Å². The summed E-state index contributed by atoms with van der Waals surface area (Å²) in [4.78, 5) is 1.28. The molecule has 0 saturated carbocycles. The highest BCUT2D eigenvalue weighted by Crippen LogP contribution is 2.23. The molecule has 0 aliphatic heterocycles. The van der Waals surface area contributed by atoms with Crippen LogP contribution in [0.2, 0.25) is 0 Å². The minimum Gasteiger partial charge on any atom is -0.495 e. The summed E-state index contributed by atoms with van der Waals surface area (Å²) in [5, 5.41) is 14.4. The van der Waals surface area contributed by atoms with Gasteiger partial charge < -0.3 is 10.1 Å². The second-order valence-electron chi connectivity index (χ2n) is 3.94. The summed E-state index contributed by atoms with van der Waals surface area (Å²) in [6, 6.07) is 9.79. The van der Waals surface area contributed by atoms with Crippen molar-refractivity contribution in [2.45, 2.75) is 13.1 Å². The Morgan fingerprint density at radius 3 is 2.84 bits per heavy atom. The van der Waals surface area contributed by atoms with E-state index in [1.54, 1.807) is 24.5 Å². The fraction of sp³-hybridized carbons (Fsp3) is 0.214. The summed E-state index contributed by atoms with van der Waals surface area (Å²) in [6.07, 6.45) is 0. The van der Waals surface area contributed by atoms with Gasteiger partial charge in [0.1, 0.15) is 11.8 Å². The number of thiophene rings is 1. The lowest BCUT2D eigenvalue weighted by Gasteiger charge is -2.07. The summed E-state index contributed by atoms with van der Waals surface area (Å²) >= 11 is 5.23. The van der Waals surface area contributed by atoms with E-state index in [4.69, 9.17) is 10.00 Å². The van der Waals surface area contributed by atoms with Gasteiger partial charge in [-0.15, -0.1) is 11.3 Å². The first kappa shape index (κ1) is 14.1. The van der Waals surface area contributed by atoms with Crippen LogP contribution in [0.25, 0.3) is 0 Å². The number of rotatable bonds is 5. The van der Waals surface area contributed by atoms with Crippen molar-refractivity contribution >= 4 is 27.3 Å². The van der Waals surface area contributed by atoms with E-state index in [1.165, 1.54) is 4.88 Å². The summed E-state index contributed by atoms with van der Waals surface area (Å²) in [5.74, 6) is 0.624. The maximum atomic E-state index is 8.92. The molecule has 1 N–H and O–H groups in total. The van der Waals surface area contributed by atoms with Crippen molar-refractivity contribution in [3.63, 3.8) is 0 Å². The van der Waals surface area contributed by atoms with Crippen LogP contribution in [0, 0.1) is 11.3 Å². The molecule has 0 spiro atoms. The second-order valence-corrected chi connectivity index (χ2v) is 5.80. The lowest BCUT2D eigenvalue weighted by atomic mass is 10.1. The van der Waals surface area contributed by atoms with Crippen LogP contribution in [0.4, 0.5) is 0 Å². The van der Waals surface area contributed by atoms with Gasteiger partial charge in [-0.05, 0) is 45.1 Å². The highest BCUT2D eigenvalue weighted by atomic mass is 79.9. The van der Waals surface area contributed by atoms with Gasteiger partial charge in [0, 0.05) is 22.4 Å². The van der Waals surface area contributed by atoms with Crippen molar-refractivity contribution in [3.05, 3.63) is 50.1 Å². The molecule has 3 nitrogen and oxygen atoms in total. The van der Waals surface area contributed by atoms with E-state index in [1.807, 2.05) is 18.2 Å². The molecule has 1 aromatic heterocycles. The van der Waals surface area contributed by atoms with Gasteiger partial charge in [0.2, 0.25) is 0 Å². The largest absolute Gasteiger partial charge is 0.495 e. The molecule has 2 aromatic rings. The number of nitriles is 1. The van der Waals surface area contributed by atoms with Gasteiger partial charge in [0.25, 0.3) is 0 Å². The molecule has 0 amide bonds. The van der Waals surface area contributed by atoms with Gasteiger partial charge in [-0.3, -0.25) is 0 Å². The van der Waals surface area contributed by atoms with E-state index in [9.17, 15) is 0 Å². The monoisotopic (exact) mass is 336 g/mol. The Morgan fingerprint density at radius 1 is 1.37 bits per heavy atom. The fourth-order valence-electron chi connectivity index (χ4n) is 1.71. The third-order valence-electron chi connectivity index (χ3n) is 2.69. The average molecular weight is 337 g/mol. The number of benzene rings is 1. The molecule has 19 heavy (non-hydrogen) atoms. The predicted octanol–water partition coefficient (Wildman–Crippen LogP) is 3.68. The normalized spacial score (nSPS) is 10.2. The Bertz CT molecular complexity index is 604. The van der Waals surface area contributed by atoms with Crippen LogP contribution in [-0.4, -0.2) is 7.11 Å². The number of ether oxygens (including phenoxy) is 1. The van der Waals surface area contributed by atoms with Crippen molar-refractivity contribution < 1.29 is 4.74 Å². The van der Waals surface area contributed by atoms with Gasteiger partial charge >= 0.3 is 0 Å². The summed E-state index contributed by atoms with van der Waals surface area (Å²) < 4.78 is 6.33. The molecule has 0 radical (unpaired) electrons. The molecule has 0 unspecified atom stereocenters. The molecule has 98 valence electrons. The number of halogens is 1. The Kier molecular flexibility index (Phi) is 4.97. The zero-order valence-electron chi connectivity index (χ0n) is 10.4. The standard InChI is InChI=1S/C14H13BrN2OS/c1-18-13-6-10(2-3-11(13)7-16)8-17-9-14-12(15)4-5-19-14/h2-6,17H,8-9H2,1H3. The summed E-state index contributed by atoms with van der Waals surface area (Å²) in [7, 11) is 1.58. The predicted molar refractivity (Wildman–Crippen MR) is 80.3 cm³/mol. The zero-order chi connectivity index (χ0) is 13.7. The molecule has 0 fully saturated rings. The lowest BCUT2D eigenvalue weighted by Crippen LogP contribution is -2.12. The number of nitrogens with one attached hydrogen (secondary N) is 1. The van der Waals surface area contributed by atoms with E-state index in [2.05, 4.69) is 32.7 Å². The van der Waals surface area contributed by atoms with Crippen LogP contribution in [-0.2, 0) is 13.1 Å². The molecular weight excluding hydrogens is 324 g/mol. The summed E-state index contributed by atoms with van der Waals surface area (Å²) in [6.45, 7) is 1.56. The topological polar surface area (TPSA) is 45.0 Å². The fourth-order valence-corrected chi connectivity index (χ4v) is 3.17. The SMILES string of the molecule is COc1cc(CNCc2sccc2Br)ccc1C#N. The van der Waals surface area contributed by atoms with Gasteiger partial charge in [-0.2, -0.15) is 5.26 Å². The number of nitrogens with zero attached hydrogens (tertiary/aromatic N) is 1. The lowest BCUT2D eigenvalue weighted by molar-refractivity contribution is 0.412. The molecule has 0 bridgehead atoms. The highest BCUT2D eigenvalue weighted by molar-refractivity contribution is 9.10. The van der Waals surface area contributed by atoms with Gasteiger partial charge in [-0.1, -0.05) is 6.07 Å². The van der Waals surface area contributed by atoms with Gasteiger partial charge in [0.05, 0.1) is 12.7 Å². The van der Waals surface area contributed by atoms with Crippen LogP contribution in [0.15, 0.2) is 34.1 Å². The molecular formula is C14H13BrN2OS. The molecule has 0 saturated heterocycles. The first-order chi connectivity index (χ1) is 9.24. The Balaban J connectivity index is 1.97. The van der Waals surface area contributed by atoms with E-state index in [0.29, 0.717) is 11.3 Å². The van der Waals surface area contributed by atoms with Crippen LogP contribution in [0.1, 0.15) is 16.0 Å². The molecule has 5 heteroatoms. The average Bonchev–Trinajstić information content (AvgIpc) is 2.84. The van der Waals surface area contributed by atoms with Crippen molar-refractivity contribution in [1.29, 1.82) is 5.26 Å². The number of hydrogen-bond acceptors (Lipinski definition) is 4. The second kappa shape index (κ2) is 6.71. The number of hydrogen-bond donors (Lipinski definition) is 1. The zero-order valence-corrected chi connectivity index (χ0v) is 12.8. The molecule has 0 atom stereocenters. The Hall–Kier alpha value is -1.35. The highest BCUT2D eigenvalue weighted by Gasteiger charge is 2.04. The van der Waals surface area contributed by atoms with Crippen LogP contribution < -0.4 is 10.1 Å². The third-order valence-corrected chi connectivity index (χ3v) is 4.62. The first-order valence-electron chi connectivity index (χ1n) is 5.74. The van der Waals surface area contributed by atoms with Crippen molar-refractivity contribution in [1.82, 2.24) is 5.32 Å². The van der Waals surface area contributed by atoms with E-state index >= 15 is 0 Å². The smallest absolute Gasteiger partial charge is 0.136 e. The van der Waals surface area contributed by atoms with E-state index < -0.39 is 0 Å². The molecule has 0 aliphatic carbocycles. The molecule has 1 aromatic carbocycles. The van der Waals surface area contributed by atoms with E-state index in [0.717, 1.165) is 23.1 Å². The van der Waals surface area contributed by atoms with E-state index in [-0.39, 0.29) is 0 Å². The number of methoxy groups -OCH3 is 1. The third kappa shape index (κ3) is 3.57. The van der Waals surface area contributed by atoms with Crippen LogP contribution in [0.5, 0.6) is 5.75 Å². The Morgan fingerprint density at radius 2 is 2.21 bits per heavy atom. The van der Waals surface area contributed by atoms with Crippen molar-refractivity contribution in [2.24, 2.45) is 0 Å². The maximum absolute atomic E-state index is 8.92. The Labute approximate surface area is 125 Å². The molecule has 2 rings (SSSR count). The van der Waals surface area contributed by atoms with Gasteiger partial charge in [-0.25, -0.2) is 0 Å². The first-order valence-corrected chi connectivity index (χ1v) is 7.41.